The SMILES string of the molecule is Cc1c(Cl)cccc1NC(=O)C1CCC(C(=O)NC(C)c2ccccc2)CC1. The summed E-state index contributed by atoms with van der Waals surface area (Å²) in [5, 5.41) is 6.75. The third-order valence-corrected chi connectivity index (χ3v) is 6.06. The summed E-state index contributed by atoms with van der Waals surface area (Å²) in [5.41, 5.74) is 2.73. The zero-order chi connectivity index (χ0) is 20.1. The molecule has 0 aromatic heterocycles. The molecule has 1 fully saturated rings. The predicted octanol–water partition coefficient (Wildman–Crippen LogP) is 5.27. The Kier molecular flexibility index (Phi) is 6.74. The molecule has 0 aliphatic heterocycles. The molecule has 148 valence electrons. The third kappa shape index (κ3) is 4.93. The van der Waals surface area contributed by atoms with Crippen molar-refractivity contribution in [2.24, 2.45) is 11.8 Å². The molecule has 2 aromatic rings. The van der Waals surface area contributed by atoms with E-state index in [4.69, 9.17) is 11.6 Å². The first-order valence-corrected chi connectivity index (χ1v) is 10.2. The Morgan fingerprint density at radius 3 is 2.18 bits per heavy atom. The number of hydrogen-bond donors (Lipinski definition) is 2. The van der Waals surface area contributed by atoms with E-state index in [1.165, 1.54) is 0 Å². The number of amides is 2. The van der Waals surface area contributed by atoms with Crippen LogP contribution in [0.2, 0.25) is 5.02 Å². The molecular weight excluding hydrogens is 372 g/mol. The summed E-state index contributed by atoms with van der Waals surface area (Å²) >= 11 is 6.13. The molecule has 0 spiro atoms. The maximum absolute atomic E-state index is 12.6. The van der Waals surface area contributed by atoms with Crippen molar-refractivity contribution in [3.05, 3.63) is 64.7 Å². The van der Waals surface area contributed by atoms with Crippen LogP contribution in [0.15, 0.2) is 48.5 Å². The molecule has 4 nitrogen and oxygen atoms in total. The van der Waals surface area contributed by atoms with Crippen LogP contribution in [0.25, 0.3) is 0 Å². The molecule has 0 bridgehead atoms. The molecule has 1 atom stereocenters. The van der Waals surface area contributed by atoms with Gasteiger partial charge in [-0.15, -0.1) is 0 Å². The number of hydrogen-bond acceptors (Lipinski definition) is 2. The molecule has 2 N–H and O–H groups in total. The molecule has 28 heavy (non-hydrogen) atoms. The van der Waals surface area contributed by atoms with Gasteiger partial charge in [-0.05, 0) is 62.8 Å². The molecule has 1 aliphatic rings. The number of carbonyl (C=O) groups excluding carboxylic acids is 2. The van der Waals surface area contributed by atoms with Crippen molar-refractivity contribution in [3.63, 3.8) is 0 Å². The van der Waals surface area contributed by atoms with E-state index in [1.807, 2.05) is 62.4 Å². The van der Waals surface area contributed by atoms with Gasteiger partial charge in [-0.1, -0.05) is 48.0 Å². The average Bonchev–Trinajstić information content (AvgIpc) is 2.72. The maximum Gasteiger partial charge on any atom is 0.227 e. The summed E-state index contributed by atoms with van der Waals surface area (Å²) in [6, 6.07) is 15.5. The number of benzene rings is 2. The Bertz CT molecular complexity index is 830. The minimum absolute atomic E-state index is 0.0134. The lowest BCUT2D eigenvalue weighted by Gasteiger charge is -2.28. The van der Waals surface area contributed by atoms with Gasteiger partial charge in [0.1, 0.15) is 0 Å². The van der Waals surface area contributed by atoms with E-state index in [0.29, 0.717) is 5.02 Å². The van der Waals surface area contributed by atoms with Gasteiger partial charge in [0.25, 0.3) is 0 Å². The van der Waals surface area contributed by atoms with Crippen LogP contribution in [0, 0.1) is 18.8 Å². The first-order chi connectivity index (χ1) is 13.5. The molecule has 1 unspecified atom stereocenters. The second kappa shape index (κ2) is 9.24. The molecule has 0 radical (unpaired) electrons. The van der Waals surface area contributed by atoms with Crippen LogP contribution in [0.4, 0.5) is 5.69 Å². The fourth-order valence-corrected chi connectivity index (χ4v) is 3.93. The topological polar surface area (TPSA) is 58.2 Å². The van der Waals surface area contributed by atoms with Crippen LogP contribution < -0.4 is 10.6 Å². The molecule has 5 heteroatoms. The van der Waals surface area contributed by atoms with Gasteiger partial charge in [0.05, 0.1) is 6.04 Å². The smallest absolute Gasteiger partial charge is 0.227 e. The number of nitrogens with one attached hydrogen (secondary N) is 2. The second-order valence-corrected chi connectivity index (χ2v) is 8.00. The van der Waals surface area contributed by atoms with Crippen molar-refractivity contribution >= 4 is 29.1 Å². The van der Waals surface area contributed by atoms with Crippen molar-refractivity contribution in [3.8, 4) is 0 Å². The molecule has 1 aliphatic carbocycles. The monoisotopic (exact) mass is 398 g/mol. The highest BCUT2D eigenvalue weighted by Gasteiger charge is 2.30. The van der Waals surface area contributed by atoms with Gasteiger partial charge in [-0.25, -0.2) is 0 Å². The van der Waals surface area contributed by atoms with E-state index >= 15 is 0 Å². The lowest BCUT2D eigenvalue weighted by molar-refractivity contribution is -0.129. The number of carbonyl (C=O) groups is 2. The number of halogens is 1. The van der Waals surface area contributed by atoms with E-state index in [2.05, 4.69) is 10.6 Å². The standard InChI is InChI=1S/C23H27ClN2O2/c1-15-20(24)9-6-10-21(15)26-23(28)19-13-11-18(12-14-19)22(27)25-16(2)17-7-4-3-5-8-17/h3-10,16,18-19H,11-14H2,1-2H3,(H,25,27)(H,26,28). The minimum atomic E-state index is -0.0611. The lowest BCUT2D eigenvalue weighted by Crippen LogP contribution is -2.36. The molecule has 2 amide bonds. The van der Waals surface area contributed by atoms with Gasteiger partial charge in [0, 0.05) is 22.5 Å². The van der Waals surface area contributed by atoms with Crippen LogP contribution in [0.1, 0.15) is 49.8 Å². The summed E-state index contributed by atoms with van der Waals surface area (Å²) < 4.78 is 0. The summed E-state index contributed by atoms with van der Waals surface area (Å²) in [4.78, 5) is 25.2. The van der Waals surface area contributed by atoms with E-state index in [-0.39, 0.29) is 29.7 Å². The normalized spacial score (nSPS) is 20.2. The van der Waals surface area contributed by atoms with Gasteiger partial charge in [-0.3, -0.25) is 9.59 Å². The third-order valence-electron chi connectivity index (χ3n) is 5.65. The molecule has 0 saturated heterocycles. The van der Waals surface area contributed by atoms with Gasteiger partial charge < -0.3 is 10.6 Å². The van der Waals surface area contributed by atoms with Crippen LogP contribution >= 0.6 is 11.6 Å². The highest BCUT2D eigenvalue weighted by Crippen LogP contribution is 2.31. The van der Waals surface area contributed by atoms with Crippen LogP contribution in [0.5, 0.6) is 0 Å². The first kappa shape index (κ1) is 20.4. The van der Waals surface area contributed by atoms with Gasteiger partial charge in [0.15, 0.2) is 0 Å². The zero-order valence-corrected chi connectivity index (χ0v) is 17.1. The van der Waals surface area contributed by atoms with Gasteiger partial charge in [0.2, 0.25) is 11.8 Å². The maximum atomic E-state index is 12.6. The van der Waals surface area contributed by atoms with Crippen molar-refractivity contribution in [1.82, 2.24) is 5.32 Å². The Balaban J connectivity index is 1.50. The van der Waals surface area contributed by atoms with Crippen molar-refractivity contribution < 1.29 is 9.59 Å². The van der Waals surface area contributed by atoms with Crippen LogP contribution in [0.3, 0.4) is 0 Å². The molecule has 2 aromatic carbocycles. The summed E-state index contributed by atoms with van der Waals surface area (Å²) in [5.74, 6) is 0.0138. The number of anilines is 1. The number of rotatable bonds is 5. The van der Waals surface area contributed by atoms with Crippen molar-refractivity contribution in [1.29, 1.82) is 0 Å². The zero-order valence-electron chi connectivity index (χ0n) is 16.4. The highest BCUT2D eigenvalue weighted by molar-refractivity contribution is 6.31. The molecular formula is C23H27ClN2O2. The van der Waals surface area contributed by atoms with Crippen LogP contribution in [-0.4, -0.2) is 11.8 Å². The largest absolute Gasteiger partial charge is 0.349 e. The average molecular weight is 399 g/mol. The first-order valence-electron chi connectivity index (χ1n) is 9.87. The lowest BCUT2D eigenvalue weighted by atomic mass is 9.81. The van der Waals surface area contributed by atoms with E-state index < -0.39 is 0 Å². The van der Waals surface area contributed by atoms with E-state index in [9.17, 15) is 9.59 Å². The second-order valence-electron chi connectivity index (χ2n) is 7.59. The Morgan fingerprint density at radius 1 is 0.929 bits per heavy atom. The van der Waals surface area contributed by atoms with Crippen molar-refractivity contribution in [2.75, 3.05) is 5.32 Å². The molecule has 3 rings (SSSR count). The Hall–Kier alpha value is -2.33. The summed E-state index contributed by atoms with van der Waals surface area (Å²) in [6.45, 7) is 3.90. The van der Waals surface area contributed by atoms with Gasteiger partial charge in [-0.2, -0.15) is 0 Å². The Labute approximate surface area is 171 Å². The summed E-state index contributed by atoms with van der Waals surface area (Å²) in [6.07, 6.45) is 2.92. The van der Waals surface area contributed by atoms with Crippen molar-refractivity contribution in [2.45, 2.75) is 45.6 Å². The molecule has 0 heterocycles. The highest BCUT2D eigenvalue weighted by atomic mass is 35.5. The summed E-state index contributed by atoms with van der Waals surface area (Å²) in [7, 11) is 0. The van der Waals surface area contributed by atoms with Gasteiger partial charge >= 0.3 is 0 Å². The quantitative estimate of drug-likeness (QED) is 0.720. The fourth-order valence-electron chi connectivity index (χ4n) is 3.75. The minimum Gasteiger partial charge on any atom is -0.349 e. The Morgan fingerprint density at radius 2 is 1.54 bits per heavy atom. The predicted molar refractivity (Wildman–Crippen MR) is 113 cm³/mol. The van der Waals surface area contributed by atoms with Crippen LogP contribution in [-0.2, 0) is 9.59 Å². The molecule has 1 saturated carbocycles. The van der Waals surface area contributed by atoms with E-state index in [0.717, 1.165) is 42.5 Å². The fraction of sp³-hybridized carbons (Fsp3) is 0.391. The van der Waals surface area contributed by atoms with E-state index in [1.54, 1.807) is 0 Å².